The zero-order valence-corrected chi connectivity index (χ0v) is 11.9. The largest absolute Gasteiger partial charge is 0.435 e. The number of amides is 1. The maximum Gasteiger partial charge on any atom is 0.435 e. The molecule has 1 aliphatic carbocycles. The molecule has 2 rings (SSSR count). The maximum absolute atomic E-state index is 12.9. The van der Waals surface area contributed by atoms with Crippen LogP contribution in [0.25, 0.3) is 0 Å². The van der Waals surface area contributed by atoms with Crippen LogP contribution in [-0.2, 0) is 13.2 Å². The second-order valence-electron chi connectivity index (χ2n) is 5.66. The molecule has 21 heavy (non-hydrogen) atoms. The molecule has 1 fully saturated rings. The first-order valence-corrected chi connectivity index (χ1v) is 6.71. The summed E-state index contributed by atoms with van der Waals surface area (Å²) >= 11 is 0. The number of carbonyl (C=O) groups excluding carboxylic acids is 1. The Hall–Kier alpha value is -1.57. The van der Waals surface area contributed by atoms with Crippen molar-refractivity contribution in [3.05, 3.63) is 17.5 Å². The summed E-state index contributed by atoms with van der Waals surface area (Å²) in [6, 6.07) is 0. The van der Waals surface area contributed by atoms with Crippen LogP contribution in [-0.4, -0.2) is 44.9 Å². The van der Waals surface area contributed by atoms with Crippen LogP contribution in [0.5, 0.6) is 0 Å². The van der Waals surface area contributed by atoms with Crippen molar-refractivity contribution in [2.24, 2.45) is 7.05 Å². The molecule has 1 aromatic rings. The van der Waals surface area contributed by atoms with Crippen LogP contribution >= 0.6 is 0 Å². The molecule has 0 bridgehead atoms. The topological polar surface area (TPSA) is 58.4 Å². The summed E-state index contributed by atoms with van der Waals surface area (Å²) in [5.74, 6) is -0.782. The number of nitrogens with zero attached hydrogens (tertiary/aromatic N) is 3. The van der Waals surface area contributed by atoms with E-state index in [-0.39, 0.29) is 6.54 Å². The molecule has 0 radical (unpaired) electrons. The van der Waals surface area contributed by atoms with Crippen molar-refractivity contribution in [1.29, 1.82) is 0 Å². The van der Waals surface area contributed by atoms with E-state index in [2.05, 4.69) is 5.10 Å². The minimum absolute atomic E-state index is 0.0258. The van der Waals surface area contributed by atoms with E-state index in [1.807, 2.05) is 0 Å². The Bertz CT molecular complexity index is 533. The van der Waals surface area contributed by atoms with Crippen LogP contribution in [0.3, 0.4) is 0 Å². The SMILES string of the molecule is CN(CC1(O)CCCC1)C(=O)c1cn(C)nc1C(F)(F)F. The van der Waals surface area contributed by atoms with E-state index >= 15 is 0 Å². The van der Waals surface area contributed by atoms with Gasteiger partial charge >= 0.3 is 6.18 Å². The molecule has 1 saturated carbocycles. The molecule has 0 aliphatic heterocycles. The van der Waals surface area contributed by atoms with Crippen LogP contribution in [0.2, 0.25) is 0 Å². The summed E-state index contributed by atoms with van der Waals surface area (Å²) in [6.45, 7) is 0.0258. The van der Waals surface area contributed by atoms with E-state index in [1.54, 1.807) is 0 Å². The zero-order valence-electron chi connectivity index (χ0n) is 11.9. The third-order valence-electron chi connectivity index (χ3n) is 3.74. The highest BCUT2D eigenvalue weighted by Crippen LogP contribution is 2.33. The Kier molecular flexibility index (Phi) is 4.01. The first-order chi connectivity index (χ1) is 9.62. The van der Waals surface area contributed by atoms with Gasteiger partial charge in [0.15, 0.2) is 5.69 Å². The van der Waals surface area contributed by atoms with E-state index in [4.69, 9.17) is 0 Å². The summed E-state index contributed by atoms with van der Waals surface area (Å²) in [6.07, 6.45) is -0.788. The zero-order chi connectivity index (χ0) is 15.8. The molecule has 1 N–H and O–H groups in total. The lowest BCUT2D eigenvalue weighted by molar-refractivity contribution is -0.141. The predicted molar refractivity (Wildman–Crippen MR) is 68.6 cm³/mol. The average molecular weight is 305 g/mol. The third-order valence-corrected chi connectivity index (χ3v) is 3.74. The van der Waals surface area contributed by atoms with Crippen molar-refractivity contribution in [2.75, 3.05) is 13.6 Å². The van der Waals surface area contributed by atoms with E-state index < -0.39 is 28.9 Å². The van der Waals surface area contributed by atoms with Gasteiger partial charge in [0.1, 0.15) is 0 Å². The summed E-state index contributed by atoms with van der Waals surface area (Å²) in [5.41, 5.74) is -2.68. The van der Waals surface area contributed by atoms with Crippen molar-refractivity contribution < 1.29 is 23.1 Å². The fourth-order valence-corrected chi connectivity index (χ4v) is 2.76. The van der Waals surface area contributed by atoms with Gasteiger partial charge in [-0.25, -0.2) is 0 Å². The lowest BCUT2D eigenvalue weighted by Crippen LogP contribution is -2.42. The predicted octanol–water partition coefficient (Wildman–Crippen LogP) is 1.82. The van der Waals surface area contributed by atoms with E-state index in [0.717, 1.165) is 28.6 Å². The number of rotatable bonds is 3. The Morgan fingerprint density at radius 1 is 1.48 bits per heavy atom. The first-order valence-electron chi connectivity index (χ1n) is 6.71. The monoisotopic (exact) mass is 305 g/mol. The van der Waals surface area contributed by atoms with Crippen molar-refractivity contribution in [3.8, 4) is 0 Å². The summed E-state index contributed by atoms with van der Waals surface area (Å²) in [4.78, 5) is 13.4. The Balaban J connectivity index is 2.20. The highest BCUT2D eigenvalue weighted by Gasteiger charge is 2.40. The normalized spacial score (nSPS) is 18.0. The quantitative estimate of drug-likeness (QED) is 0.926. The molecule has 0 atom stereocenters. The Morgan fingerprint density at radius 2 is 2.05 bits per heavy atom. The number of likely N-dealkylation sites (N-methyl/N-ethyl adjacent to an activating group) is 1. The number of halogens is 3. The molecule has 0 aromatic carbocycles. The molecule has 8 heteroatoms. The number of carbonyl (C=O) groups is 1. The van der Waals surface area contributed by atoms with Crippen LogP contribution in [0, 0.1) is 0 Å². The van der Waals surface area contributed by atoms with Crippen molar-refractivity contribution in [1.82, 2.24) is 14.7 Å². The first kappa shape index (κ1) is 15.8. The highest BCUT2D eigenvalue weighted by molar-refractivity contribution is 5.95. The minimum Gasteiger partial charge on any atom is -0.388 e. The van der Waals surface area contributed by atoms with Crippen LogP contribution < -0.4 is 0 Å². The molecular weight excluding hydrogens is 287 g/mol. The number of hydrogen-bond donors (Lipinski definition) is 1. The second-order valence-corrected chi connectivity index (χ2v) is 5.66. The van der Waals surface area contributed by atoms with Gasteiger partial charge in [0.25, 0.3) is 5.91 Å². The highest BCUT2D eigenvalue weighted by atomic mass is 19.4. The molecule has 0 unspecified atom stereocenters. The lowest BCUT2D eigenvalue weighted by Gasteiger charge is -2.28. The van der Waals surface area contributed by atoms with E-state index in [9.17, 15) is 23.1 Å². The van der Waals surface area contributed by atoms with Crippen molar-refractivity contribution in [2.45, 2.75) is 37.5 Å². The fraction of sp³-hybridized carbons (Fsp3) is 0.692. The van der Waals surface area contributed by atoms with Gasteiger partial charge in [-0.15, -0.1) is 0 Å². The molecular formula is C13H18F3N3O2. The van der Waals surface area contributed by atoms with E-state index in [0.29, 0.717) is 12.8 Å². The number of hydrogen-bond acceptors (Lipinski definition) is 3. The van der Waals surface area contributed by atoms with Gasteiger partial charge < -0.3 is 10.0 Å². The fourth-order valence-electron chi connectivity index (χ4n) is 2.76. The van der Waals surface area contributed by atoms with Gasteiger partial charge in [-0.3, -0.25) is 9.48 Å². The molecule has 0 saturated heterocycles. The van der Waals surface area contributed by atoms with Gasteiger partial charge in [0.2, 0.25) is 0 Å². The molecule has 1 aromatic heterocycles. The number of alkyl halides is 3. The molecule has 5 nitrogen and oxygen atoms in total. The van der Waals surface area contributed by atoms with Gasteiger partial charge in [0.05, 0.1) is 11.2 Å². The standard InChI is InChI=1S/C13H18F3N3O2/c1-18(8-12(21)5-3-4-6-12)11(20)9-7-19(2)17-10(9)13(14,15)16/h7,21H,3-6,8H2,1-2H3. The number of aliphatic hydroxyl groups is 1. The second kappa shape index (κ2) is 5.32. The smallest absolute Gasteiger partial charge is 0.388 e. The van der Waals surface area contributed by atoms with Gasteiger partial charge in [-0.2, -0.15) is 18.3 Å². The molecule has 0 spiro atoms. The number of aromatic nitrogens is 2. The maximum atomic E-state index is 12.9. The summed E-state index contributed by atoms with van der Waals surface area (Å²) in [7, 11) is 2.72. The van der Waals surface area contributed by atoms with Crippen LogP contribution in [0.4, 0.5) is 13.2 Å². The van der Waals surface area contributed by atoms with Gasteiger partial charge in [-0.05, 0) is 12.8 Å². The Morgan fingerprint density at radius 3 is 2.57 bits per heavy atom. The van der Waals surface area contributed by atoms with Gasteiger partial charge in [-0.1, -0.05) is 12.8 Å². The molecule has 1 aliphatic rings. The van der Waals surface area contributed by atoms with Gasteiger partial charge in [0, 0.05) is 26.8 Å². The van der Waals surface area contributed by atoms with Crippen LogP contribution in [0.15, 0.2) is 6.20 Å². The Labute approximate surface area is 120 Å². The third kappa shape index (κ3) is 3.37. The summed E-state index contributed by atoms with van der Waals surface area (Å²) in [5, 5.41) is 13.6. The van der Waals surface area contributed by atoms with E-state index in [1.165, 1.54) is 14.1 Å². The summed E-state index contributed by atoms with van der Waals surface area (Å²) < 4.78 is 39.6. The lowest BCUT2D eigenvalue weighted by atomic mass is 10.0. The molecule has 1 amide bonds. The average Bonchev–Trinajstić information content (AvgIpc) is 2.94. The minimum atomic E-state index is -4.68. The van der Waals surface area contributed by atoms with Crippen LogP contribution in [0.1, 0.15) is 41.7 Å². The van der Waals surface area contributed by atoms with Crippen molar-refractivity contribution >= 4 is 5.91 Å². The molecule has 118 valence electrons. The van der Waals surface area contributed by atoms with Crippen molar-refractivity contribution in [3.63, 3.8) is 0 Å². The number of aryl methyl sites for hydroxylation is 1. The molecule has 1 heterocycles.